The molecule has 1 aromatic rings. The summed E-state index contributed by atoms with van der Waals surface area (Å²) in [5.74, 6) is -1.19. The highest BCUT2D eigenvalue weighted by atomic mass is 16.8. The van der Waals surface area contributed by atoms with E-state index >= 15 is 0 Å². The van der Waals surface area contributed by atoms with Crippen molar-refractivity contribution in [2.75, 3.05) is 7.11 Å². The number of carbonyl (C=O) groups is 2. The van der Waals surface area contributed by atoms with Gasteiger partial charge in [-0.3, -0.25) is 4.79 Å². The van der Waals surface area contributed by atoms with Gasteiger partial charge in [-0.2, -0.15) is 0 Å². The number of benzene rings is 1. The van der Waals surface area contributed by atoms with Gasteiger partial charge in [0.15, 0.2) is 6.29 Å². The Morgan fingerprint density at radius 2 is 1.89 bits per heavy atom. The molecule has 2 fully saturated rings. The van der Waals surface area contributed by atoms with Crippen LogP contribution in [0.1, 0.15) is 56.8 Å². The van der Waals surface area contributed by atoms with Gasteiger partial charge in [0.25, 0.3) is 0 Å². The number of phenolic OH excluding ortho intramolecular Hbond substituents is 1. The first-order chi connectivity index (χ1) is 18.0. The van der Waals surface area contributed by atoms with E-state index in [1.54, 1.807) is 12.2 Å². The maximum absolute atomic E-state index is 13.0. The lowest BCUT2D eigenvalue weighted by atomic mass is 9.45. The van der Waals surface area contributed by atoms with Crippen LogP contribution in [-0.4, -0.2) is 54.0 Å². The Balaban J connectivity index is 1.80. The van der Waals surface area contributed by atoms with Gasteiger partial charge in [0.1, 0.15) is 11.9 Å². The predicted molar refractivity (Wildman–Crippen MR) is 140 cm³/mol. The lowest BCUT2D eigenvalue weighted by Gasteiger charge is -2.60. The van der Waals surface area contributed by atoms with E-state index in [-0.39, 0.29) is 23.0 Å². The molecule has 1 saturated carbocycles. The molecule has 0 aromatic heterocycles. The average Bonchev–Trinajstić information content (AvgIpc) is 3.19. The zero-order chi connectivity index (χ0) is 27.8. The molecule has 8 atom stereocenters. The van der Waals surface area contributed by atoms with Crippen LogP contribution in [0.15, 0.2) is 60.7 Å². The van der Waals surface area contributed by atoms with Crippen LogP contribution in [0.2, 0.25) is 0 Å². The minimum atomic E-state index is -1.06. The third-order valence-electron chi connectivity index (χ3n) is 8.97. The van der Waals surface area contributed by atoms with E-state index in [4.69, 9.17) is 18.9 Å². The predicted octanol–water partition coefficient (Wildman–Crippen LogP) is 4.67. The van der Waals surface area contributed by atoms with Gasteiger partial charge in [0.2, 0.25) is 6.29 Å². The van der Waals surface area contributed by atoms with E-state index in [2.05, 4.69) is 27.0 Å². The number of esters is 2. The van der Waals surface area contributed by atoms with Gasteiger partial charge in [0.05, 0.1) is 17.1 Å². The monoisotopic (exact) mass is 526 g/mol. The molecule has 1 spiro atoms. The number of hydrogen-bond acceptors (Lipinski definition) is 8. The van der Waals surface area contributed by atoms with Crippen LogP contribution in [0.4, 0.5) is 0 Å². The number of rotatable bonds is 8. The molecule has 0 unspecified atom stereocenters. The maximum atomic E-state index is 13.0. The second-order valence-electron chi connectivity index (χ2n) is 11.0. The molecule has 1 saturated heterocycles. The SMILES string of the molecule is C=CC(=C)CC[C@]1(C)[C@H](C)C[C@H](O)[C@]23C(=C[C@@H](OC(=O)c4ccc(O)cc4)C[C@@H]12)[C@@H](OC)O[C@H]3OC(C)=O. The van der Waals surface area contributed by atoms with Crippen LogP contribution in [0.3, 0.4) is 0 Å². The summed E-state index contributed by atoms with van der Waals surface area (Å²) < 4.78 is 23.5. The molecule has 0 bridgehead atoms. The van der Waals surface area contributed by atoms with Crippen molar-refractivity contribution in [1.82, 2.24) is 0 Å². The molecule has 2 aliphatic carbocycles. The van der Waals surface area contributed by atoms with Crippen molar-refractivity contribution >= 4 is 11.9 Å². The topological polar surface area (TPSA) is 112 Å². The zero-order valence-corrected chi connectivity index (χ0v) is 22.5. The van der Waals surface area contributed by atoms with Crippen molar-refractivity contribution in [2.24, 2.45) is 22.7 Å². The van der Waals surface area contributed by atoms with Crippen LogP contribution in [0.5, 0.6) is 5.75 Å². The quantitative estimate of drug-likeness (QED) is 0.286. The summed E-state index contributed by atoms with van der Waals surface area (Å²) in [6.07, 6.45) is 2.40. The highest BCUT2D eigenvalue weighted by molar-refractivity contribution is 5.89. The molecule has 1 aliphatic heterocycles. The summed E-state index contributed by atoms with van der Waals surface area (Å²) in [5, 5.41) is 21.3. The van der Waals surface area contributed by atoms with E-state index in [1.807, 2.05) is 0 Å². The number of phenols is 1. The van der Waals surface area contributed by atoms with Crippen molar-refractivity contribution < 1.29 is 38.7 Å². The Bertz CT molecular complexity index is 1120. The number of aromatic hydroxyl groups is 1. The molecule has 1 aromatic carbocycles. The normalized spacial score (nSPS) is 35.9. The average molecular weight is 527 g/mol. The van der Waals surface area contributed by atoms with Gasteiger partial charge in [-0.05, 0) is 73.3 Å². The first-order valence-corrected chi connectivity index (χ1v) is 13.0. The zero-order valence-electron chi connectivity index (χ0n) is 22.5. The van der Waals surface area contributed by atoms with Crippen molar-refractivity contribution in [1.29, 1.82) is 0 Å². The molecule has 206 valence electrons. The summed E-state index contributed by atoms with van der Waals surface area (Å²) in [7, 11) is 1.49. The Kier molecular flexibility index (Phi) is 7.89. The fourth-order valence-electron chi connectivity index (χ4n) is 6.76. The minimum Gasteiger partial charge on any atom is -0.508 e. The molecule has 0 radical (unpaired) electrons. The molecule has 8 nitrogen and oxygen atoms in total. The fourth-order valence-corrected chi connectivity index (χ4v) is 6.76. The molecule has 1 heterocycles. The Hall–Kier alpha value is -2.94. The summed E-state index contributed by atoms with van der Waals surface area (Å²) in [4.78, 5) is 25.2. The molecule has 4 rings (SSSR count). The molecule has 8 heteroatoms. The lowest BCUT2D eigenvalue weighted by Crippen LogP contribution is -2.63. The van der Waals surface area contributed by atoms with Crippen molar-refractivity contribution in [3.63, 3.8) is 0 Å². The summed E-state index contributed by atoms with van der Waals surface area (Å²) in [6.45, 7) is 13.5. The molecule has 3 aliphatic rings. The van der Waals surface area contributed by atoms with Gasteiger partial charge >= 0.3 is 11.9 Å². The highest BCUT2D eigenvalue weighted by Crippen LogP contribution is 2.67. The largest absolute Gasteiger partial charge is 0.508 e. The van der Waals surface area contributed by atoms with Gasteiger partial charge in [-0.1, -0.05) is 38.7 Å². The Labute approximate surface area is 223 Å². The fraction of sp³-hybridized carbons (Fsp3) is 0.533. The molecular formula is C30H38O8. The van der Waals surface area contributed by atoms with Crippen molar-refractivity contribution in [3.8, 4) is 5.75 Å². The number of hydrogen-bond donors (Lipinski definition) is 2. The number of ether oxygens (including phenoxy) is 4. The maximum Gasteiger partial charge on any atom is 0.338 e. The number of methoxy groups -OCH3 is 1. The Morgan fingerprint density at radius 3 is 2.50 bits per heavy atom. The smallest absolute Gasteiger partial charge is 0.338 e. The summed E-state index contributed by atoms with van der Waals surface area (Å²) in [5.41, 5.74) is 0.417. The van der Waals surface area contributed by atoms with E-state index in [9.17, 15) is 19.8 Å². The molecular weight excluding hydrogens is 488 g/mol. The number of allylic oxidation sites excluding steroid dienone is 2. The first-order valence-electron chi connectivity index (χ1n) is 13.0. The second kappa shape index (κ2) is 10.7. The third-order valence-corrected chi connectivity index (χ3v) is 8.97. The standard InChI is InChI=1S/C30H38O8/c1-7-17(2)12-13-29(5)18(3)14-25(33)30-23(27(35-6)38-28(30)36-19(4)31)15-22(16-24(29)30)37-26(34)20-8-10-21(32)11-9-20/h7-11,15,18,22,24-25,27-28,32-33H,1-2,12-14,16H2,3-6H3/t18-,22-,24+,25+,27+,28-,29-,30+/m1/s1. The third kappa shape index (κ3) is 4.70. The molecule has 0 amide bonds. The van der Waals surface area contributed by atoms with E-state index in [0.29, 0.717) is 30.4 Å². The highest BCUT2D eigenvalue weighted by Gasteiger charge is 2.70. The first kappa shape index (κ1) is 28.1. The van der Waals surface area contributed by atoms with E-state index in [0.717, 1.165) is 12.0 Å². The van der Waals surface area contributed by atoms with E-state index in [1.165, 1.54) is 38.3 Å². The molecule has 38 heavy (non-hydrogen) atoms. The van der Waals surface area contributed by atoms with Crippen LogP contribution >= 0.6 is 0 Å². The van der Waals surface area contributed by atoms with E-state index < -0.39 is 42.1 Å². The van der Waals surface area contributed by atoms with Crippen LogP contribution in [0.25, 0.3) is 0 Å². The number of aliphatic hydroxyl groups excluding tert-OH is 1. The van der Waals surface area contributed by atoms with Crippen molar-refractivity contribution in [2.45, 2.75) is 71.2 Å². The van der Waals surface area contributed by atoms with Crippen molar-refractivity contribution in [3.05, 3.63) is 66.3 Å². The summed E-state index contributed by atoms with van der Waals surface area (Å²) >= 11 is 0. The summed E-state index contributed by atoms with van der Waals surface area (Å²) in [6, 6.07) is 5.86. The van der Waals surface area contributed by atoms with Crippen LogP contribution in [0, 0.1) is 22.7 Å². The number of carbonyl (C=O) groups excluding carboxylic acids is 2. The number of aliphatic hydroxyl groups is 1. The van der Waals surface area contributed by atoms with Gasteiger partial charge in [-0.15, -0.1) is 0 Å². The van der Waals surface area contributed by atoms with Crippen LogP contribution < -0.4 is 0 Å². The van der Waals surface area contributed by atoms with Gasteiger partial charge in [0, 0.05) is 19.6 Å². The van der Waals surface area contributed by atoms with Gasteiger partial charge in [-0.25, -0.2) is 4.79 Å². The Morgan fingerprint density at radius 1 is 1.21 bits per heavy atom. The van der Waals surface area contributed by atoms with Crippen LogP contribution in [-0.2, 0) is 23.7 Å². The second-order valence-corrected chi connectivity index (χ2v) is 11.0. The minimum absolute atomic E-state index is 0.0516. The lowest BCUT2D eigenvalue weighted by molar-refractivity contribution is -0.254. The van der Waals surface area contributed by atoms with Gasteiger partial charge < -0.3 is 29.2 Å². The molecule has 2 N–H and O–H groups in total.